The van der Waals surface area contributed by atoms with Crippen molar-refractivity contribution < 1.29 is 4.79 Å². The number of carbonyl (C=O) groups excluding carboxylic acids is 1. The van der Waals surface area contributed by atoms with Crippen LogP contribution in [-0.2, 0) is 4.79 Å². The predicted octanol–water partition coefficient (Wildman–Crippen LogP) is 1.76. The van der Waals surface area contributed by atoms with E-state index in [4.69, 9.17) is 5.73 Å². The lowest BCUT2D eigenvalue weighted by Crippen LogP contribution is -2.46. The van der Waals surface area contributed by atoms with Crippen molar-refractivity contribution in [2.75, 3.05) is 13.6 Å². The zero-order valence-electron chi connectivity index (χ0n) is 10.3. The van der Waals surface area contributed by atoms with Crippen LogP contribution < -0.4 is 5.73 Å². The summed E-state index contributed by atoms with van der Waals surface area (Å²) < 4.78 is 0. The van der Waals surface area contributed by atoms with Crippen LogP contribution in [0.5, 0.6) is 0 Å². The van der Waals surface area contributed by atoms with E-state index in [0.717, 1.165) is 19.4 Å². The van der Waals surface area contributed by atoms with Gasteiger partial charge < -0.3 is 10.6 Å². The normalized spacial score (nSPS) is 30.1. The Morgan fingerprint density at radius 3 is 2.56 bits per heavy atom. The highest BCUT2D eigenvalue weighted by atomic mass is 16.2. The Morgan fingerprint density at radius 2 is 1.94 bits per heavy atom. The number of carbonyl (C=O) groups is 1. The largest absolute Gasteiger partial charge is 0.342 e. The molecule has 1 amide bonds. The summed E-state index contributed by atoms with van der Waals surface area (Å²) in [5, 5.41) is 0. The lowest BCUT2D eigenvalue weighted by molar-refractivity contribution is -0.134. The van der Waals surface area contributed by atoms with Gasteiger partial charge in [0.2, 0.25) is 5.91 Å². The number of nitrogens with zero attached hydrogens (tertiary/aromatic N) is 1. The molecule has 2 atom stereocenters. The maximum Gasteiger partial charge on any atom is 0.222 e. The van der Waals surface area contributed by atoms with Crippen molar-refractivity contribution >= 4 is 5.91 Å². The molecular weight excluding hydrogens is 200 g/mol. The third-order valence-corrected chi connectivity index (χ3v) is 4.22. The molecule has 2 N–H and O–H groups in total. The first-order valence-electron chi connectivity index (χ1n) is 6.68. The molecule has 0 spiro atoms. The van der Waals surface area contributed by atoms with Crippen molar-refractivity contribution in [2.24, 2.45) is 17.6 Å². The Labute approximate surface area is 98.4 Å². The van der Waals surface area contributed by atoms with Gasteiger partial charge in [-0.3, -0.25) is 4.79 Å². The molecule has 2 unspecified atom stereocenters. The van der Waals surface area contributed by atoms with Crippen molar-refractivity contribution in [1.29, 1.82) is 0 Å². The van der Waals surface area contributed by atoms with Gasteiger partial charge in [0.1, 0.15) is 0 Å². The zero-order valence-corrected chi connectivity index (χ0v) is 10.3. The fourth-order valence-electron chi connectivity index (χ4n) is 2.87. The first kappa shape index (κ1) is 11.9. The first-order chi connectivity index (χ1) is 7.72. The average Bonchev–Trinajstić information content (AvgIpc) is 3.11. The van der Waals surface area contributed by atoms with Crippen molar-refractivity contribution in [2.45, 2.75) is 51.0 Å². The van der Waals surface area contributed by atoms with Gasteiger partial charge in [-0.05, 0) is 44.1 Å². The third kappa shape index (κ3) is 2.76. The molecule has 0 saturated heterocycles. The summed E-state index contributed by atoms with van der Waals surface area (Å²) >= 11 is 0. The van der Waals surface area contributed by atoms with Crippen LogP contribution in [0.1, 0.15) is 44.9 Å². The van der Waals surface area contributed by atoms with Crippen LogP contribution in [0.4, 0.5) is 0 Å². The van der Waals surface area contributed by atoms with E-state index in [9.17, 15) is 4.79 Å². The molecular formula is C13H24N2O. The van der Waals surface area contributed by atoms with E-state index in [-0.39, 0.29) is 0 Å². The molecule has 0 aromatic rings. The standard InChI is InChI=1S/C13H24N2O/c1-15(13(16)8-10-6-7-10)12-5-3-2-4-11(12)9-14/h10-12H,2-9,14H2,1H3. The van der Waals surface area contributed by atoms with Crippen molar-refractivity contribution in [1.82, 2.24) is 4.90 Å². The summed E-state index contributed by atoms with van der Waals surface area (Å²) in [7, 11) is 1.98. The smallest absolute Gasteiger partial charge is 0.222 e. The van der Waals surface area contributed by atoms with Crippen LogP contribution >= 0.6 is 0 Å². The highest BCUT2D eigenvalue weighted by molar-refractivity contribution is 5.76. The number of nitrogens with two attached hydrogens (primary N) is 1. The van der Waals surface area contributed by atoms with E-state index >= 15 is 0 Å². The molecule has 2 fully saturated rings. The summed E-state index contributed by atoms with van der Waals surface area (Å²) in [6.07, 6.45) is 8.15. The molecule has 0 radical (unpaired) electrons. The second-order valence-electron chi connectivity index (χ2n) is 5.50. The van der Waals surface area contributed by atoms with E-state index in [1.165, 1.54) is 32.1 Å². The highest BCUT2D eigenvalue weighted by Crippen LogP contribution is 2.34. The van der Waals surface area contributed by atoms with Crippen LogP contribution in [0.3, 0.4) is 0 Å². The summed E-state index contributed by atoms with van der Waals surface area (Å²) in [6, 6.07) is 0.407. The van der Waals surface area contributed by atoms with Gasteiger partial charge in [-0.1, -0.05) is 12.8 Å². The minimum absolute atomic E-state index is 0.341. The third-order valence-electron chi connectivity index (χ3n) is 4.22. The second kappa shape index (κ2) is 5.17. The molecule has 2 rings (SSSR count). The zero-order chi connectivity index (χ0) is 11.5. The Hall–Kier alpha value is -0.570. The number of hydrogen-bond donors (Lipinski definition) is 1. The lowest BCUT2D eigenvalue weighted by Gasteiger charge is -2.37. The van der Waals surface area contributed by atoms with Gasteiger partial charge in [-0.25, -0.2) is 0 Å². The molecule has 0 heterocycles. The Balaban J connectivity index is 1.89. The predicted molar refractivity (Wildman–Crippen MR) is 64.9 cm³/mol. The maximum absolute atomic E-state index is 12.0. The molecule has 2 saturated carbocycles. The Morgan fingerprint density at radius 1 is 1.25 bits per heavy atom. The minimum Gasteiger partial charge on any atom is -0.342 e. The van der Waals surface area contributed by atoms with Gasteiger partial charge in [0.25, 0.3) is 0 Å². The van der Waals surface area contributed by atoms with Gasteiger partial charge in [0.15, 0.2) is 0 Å². The van der Waals surface area contributed by atoms with Crippen LogP contribution in [-0.4, -0.2) is 30.4 Å². The molecule has 0 bridgehead atoms. The van der Waals surface area contributed by atoms with Crippen molar-refractivity contribution in [3.63, 3.8) is 0 Å². The molecule has 2 aliphatic carbocycles. The molecule has 92 valence electrons. The van der Waals surface area contributed by atoms with Crippen molar-refractivity contribution in [3.8, 4) is 0 Å². The van der Waals surface area contributed by atoms with Gasteiger partial charge in [0.05, 0.1) is 0 Å². The molecule has 0 aromatic carbocycles. The highest BCUT2D eigenvalue weighted by Gasteiger charge is 2.32. The quantitative estimate of drug-likeness (QED) is 0.791. The van der Waals surface area contributed by atoms with Gasteiger partial charge in [-0.15, -0.1) is 0 Å². The SMILES string of the molecule is CN(C(=O)CC1CC1)C1CCCCC1CN. The summed E-state index contributed by atoms with van der Waals surface area (Å²) in [4.78, 5) is 14.0. The fourth-order valence-corrected chi connectivity index (χ4v) is 2.87. The lowest BCUT2D eigenvalue weighted by atomic mass is 9.83. The van der Waals surface area contributed by atoms with E-state index in [0.29, 0.717) is 23.8 Å². The summed E-state index contributed by atoms with van der Waals surface area (Å²) in [5.74, 6) is 1.56. The minimum atomic E-state index is 0.341. The summed E-state index contributed by atoms with van der Waals surface area (Å²) in [5.41, 5.74) is 5.81. The van der Waals surface area contributed by atoms with Crippen LogP contribution in [0, 0.1) is 11.8 Å². The van der Waals surface area contributed by atoms with Gasteiger partial charge in [-0.2, -0.15) is 0 Å². The number of amides is 1. The second-order valence-corrected chi connectivity index (χ2v) is 5.50. The molecule has 3 nitrogen and oxygen atoms in total. The van der Waals surface area contributed by atoms with E-state index in [1.807, 2.05) is 11.9 Å². The Kier molecular flexibility index (Phi) is 3.85. The molecule has 16 heavy (non-hydrogen) atoms. The molecule has 3 heteroatoms. The van der Waals surface area contributed by atoms with E-state index in [2.05, 4.69) is 0 Å². The topological polar surface area (TPSA) is 46.3 Å². The number of rotatable bonds is 4. The maximum atomic E-state index is 12.0. The van der Waals surface area contributed by atoms with E-state index < -0.39 is 0 Å². The number of hydrogen-bond acceptors (Lipinski definition) is 2. The molecule has 2 aliphatic rings. The first-order valence-corrected chi connectivity index (χ1v) is 6.68. The van der Waals surface area contributed by atoms with E-state index in [1.54, 1.807) is 0 Å². The monoisotopic (exact) mass is 224 g/mol. The van der Waals surface area contributed by atoms with Gasteiger partial charge >= 0.3 is 0 Å². The van der Waals surface area contributed by atoms with Gasteiger partial charge in [0, 0.05) is 19.5 Å². The van der Waals surface area contributed by atoms with Crippen LogP contribution in [0.25, 0.3) is 0 Å². The van der Waals surface area contributed by atoms with Crippen LogP contribution in [0.2, 0.25) is 0 Å². The molecule has 0 aliphatic heterocycles. The van der Waals surface area contributed by atoms with Crippen molar-refractivity contribution in [3.05, 3.63) is 0 Å². The molecule has 0 aromatic heterocycles. The fraction of sp³-hybridized carbons (Fsp3) is 0.923. The average molecular weight is 224 g/mol. The summed E-state index contributed by atoms with van der Waals surface area (Å²) in [6.45, 7) is 0.728. The Bertz CT molecular complexity index is 250. The van der Waals surface area contributed by atoms with Crippen LogP contribution in [0.15, 0.2) is 0 Å².